The van der Waals surface area contributed by atoms with Gasteiger partial charge in [0.25, 0.3) is 0 Å². The quantitative estimate of drug-likeness (QED) is 0.494. The Morgan fingerprint density at radius 2 is 2.00 bits per heavy atom. The highest BCUT2D eigenvalue weighted by Crippen LogP contribution is 2.26. The molecular formula is C21H27N5OS3. The monoisotopic (exact) mass is 461 g/mol. The van der Waals surface area contributed by atoms with Gasteiger partial charge in [0.05, 0.1) is 24.2 Å². The van der Waals surface area contributed by atoms with Crippen molar-refractivity contribution in [2.45, 2.75) is 38.7 Å². The Morgan fingerprint density at radius 1 is 1.13 bits per heavy atom. The molecule has 0 bridgehead atoms. The van der Waals surface area contributed by atoms with Crippen molar-refractivity contribution in [2.24, 2.45) is 0 Å². The first-order valence-electron chi connectivity index (χ1n) is 10.6. The minimum absolute atomic E-state index is 0.244. The number of nitrogens with zero attached hydrogens (tertiary/aromatic N) is 5. The number of aromatic nitrogens is 3. The largest absolute Gasteiger partial charge is 0.376 e. The molecule has 1 unspecified atom stereocenters. The predicted octanol–water partition coefficient (Wildman–Crippen LogP) is 4.16. The lowest BCUT2D eigenvalue weighted by Gasteiger charge is -2.34. The van der Waals surface area contributed by atoms with Gasteiger partial charge in [0.1, 0.15) is 0 Å². The highest BCUT2D eigenvalue weighted by Gasteiger charge is 2.23. The summed E-state index contributed by atoms with van der Waals surface area (Å²) in [6.07, 6.45) is 2.48. The Hall–Kier alpha value is -1.36. The van der Waals surface area contributed by atoms with Crippen LogP contribution in [-0.4, -0.2) is 63.0 Å². The second-order valence-electron chi connectivity index (χ2n) is 8.00. The lowest BCUT2D eigenvalue weighted by Crippen LogP contribution is -2.46. The van der Waals surface area contributed by atoms with Crippen LogP contribution in [0.5, 0.6) is 0 Å². The van der Waals surface area contributed by atoms with Gasteiger partial charge in [-0.1, -0.05) is 6.07 Å². The third-order valence-corrected chi connectivity index (χ3v) is 7.89. The molecule has 3 aromatic rings. The summed E-state index contributed by atoms with van der Waals surface area (Å²) in [4.78, 5) is 6.16. The fourth-order valence-corrected chi connectivity index (χ4v) is 5.83. The first-order chi connectivity index (χ1) is 14.8. The highest BCUT2D eigenvalue weighted by molar-refractivity contribution is 7.71. The van der Waals surface area contributed by atoms with Crippen LogP contribution >= 0.6 is 34.9 Å². The summed E-state index contributed by atoms with van der Waals surface area (Å²) >= 11 is 9.36. The number of hydrogen-bond donors (Lipinski definition) is 0. The molecule has 2 aliphatic rings. The number of piperazine rings is 1. The van der Waals surface area contributed by atoms with E-state index in [0.717, 1.165) is 76.0 Å². The maximum Gasteiger partial charge on any atom is 0.199 e. The van der Waals surface area contributed by atoms with Gasteiger partial charge in [0, 0.05) is 39.3 Å². The van der Waals surface area contributed by atoms with E-state index in [1.165, 1.54) is 10.4 Å². The minimum Gasteiger partial charge on any atom is -0.376 e. The van der Waals surface area contributed by atoms with Crippen LogP contribution in [0.2, 0.25) is 0 Å². The van der Waals surface area contributed by atoms with E-state index in [0.29, 0.717) is 0 Å². The fraction of sp³-hybridized carbons (Fsp3) is 0.524. The van der Waals surface area contributed by atoms with Crippen molar-refractivity contribution in [2.75, 3.05) is 32.8 Å². The zero-order valence-electron chi connectivity index (χ0n) is 17.0. The Balaban J connectivity index is 1.28. The van der Waals surface area contributed by atoms with Crippen LogP contribution in [0.25, 0.3) is 10.7 Å². The topological polar surface area (TPSA) is 38.5 Å². The lowest BCUT2D eigenvalue weighted by atomic mass is 10.2. The standard InChI is InChI=1S/C21H27N5OS3/c28-21-25(14-18-3-1-10-27-18)20(19-4-2-11-30-19)22-26(21)16-24-8-6-23(7-9-24)13-17-5-12-29-15-17/h2,4-5,11-12,15,18H,1,3,6-10,13-14,16H2. The van der Waals surface area contributed by atoms with Crippen LogP contribution in [0.3, 0.4) is 0 Å². The molecule has 160 valence electrons. The van der Waals surface area contributed by atoms with Crippen LogP contribution in [0.4, 0.5) is 0 Å². The molecule has 0 saturated carbocycles. The molecule has 2 aliphatic heterocycles. The van der Waals surface area contributed by atoms with E-state index in [1.807, 2.05) is 4.68 Å². The molecule has 9 heteroatoms. The van der Waals surface area contributed by atoms with Gasteiger partial charge in [-0.15, -0.1) is 16.4 Å². The van der Waals surface area contributed by atoms with Gasteiger partial charge in [-0.3, -0.25) is 14.4 Å². The molecule has 0 N–H and O–H groups in total. The van der Waals surface area contributed by atoms with E-state index >= 15 is 0 Å². The van der Waals surface area contributed by atoms with Crippen molar-refractivity contribution in [3.05, 3.63) is 44.7 Å². The molecule has 2 fully saturated rings. The molecule has 6 nitrogen and oxygen atoms in total. The van der Waals surface area contributed by atoms with Gasteiger partial charge in [-0.25, -0.2) is 4.68 Å². The SMILES string of the molecule is S=c1n(CN2CCN(Cc3ccsc3)CC2)nc(-c2cccs2)n1CC1CCCO1. The molecule has 0 aliphatic carbocycles. The van der Waals surface area contributed by atoms with Gasteiger partial charge >= 0.3 is 0 Å². The van der Waals surface area contributed by atoms with Crippen molar-refractivity contribution >= 4 is 34.9 Å². The smallest absolute Gasteiger partial charge is 0.199 e. The third-order valence-electron chi connectivity index (χ3n) is 5.86. The number of ether oxygens (including phenoxy) is 1. The summed E-state index contributed by atoms with van der Waals surface area (Å²) < 4.78 is 10.9. The van der Waals surface area contributed by atoms with Gasteiger partial charge in [-0.2, -0.15) is 11.3 Å². The van der Waals surface area contributed by atoms with Gasteiger partial charge in [-0.05, 0) is 58.9 Å². The third kappa shape index (κ3) is 4.61. The van der Waals surface area contributed by atoms with E-state index in [2.05, 4.69) is 48.7 Å². The average molecular weight is 462 g/mol. The molecule has 30 heavy (non-hydrogen) atoms. The van der Waals surface area contributed by atoms with Crippen molar-refractivity contribution in [1.82, 2.24) is 24.1 Å². The molecular weight excluding hydrogens is 434 g/mol. The summed E-state index contributed by atoms with van der Waals surface area (Å²) in [5.41, 5.74) is 1.42. The molecule has 0 radical (unpaired) electrons. The van der Waals surface area contributed by atoms with Crippen LogP contribution < -0.4 is 0 Å². The van der Waals surface area contributed by atoms with E-state index in [1.54, 1.807) is 22.7 Å². The Kier molecular flexibility index (Phi) is 6.45. The Morgan fingerprint density at radius 3 is 2.70 bits per heavy atom. The second-order valence-corrected chi connectivity index (χ2v) is 10.1. The van der Waals surface area contributed by atoms with E-state index < -0.39 is 0 Å². The summed E-state index contributed by atoms with van der Waals surface area (Å²) in [6.45, 7) is 7.70. The lowest BCUT2D eigenvalue weighted by molar-refractivity contribution is 0.0936. The second kappa shape index (κ2) is 9.42. The molecule has 5 heterocycles. The van der Waals surface area contributed by atoms with E-state index in [4.69, 9.17) is 22.1 Å². The summed E-state index contributed by atoms with van der Waals surface area (Å²) in [7, 11) is 0. The highest BCUT2D eigenvalue weighted by atomic mass is 32.1. The van der Waals surface area contributed by atoms with Crippen molar-refractivity contribution in [3.8, 4) is 10.7 Å². The maximum atomic E-state index is 5.88. The number of rotatable bonds is 7. The minimum atomic E-state index is 0.244. The van der Waals surface area contributed by atoms with Crippen LogP contribution in [-0.2, 0) is 24.5 Å². The molecule has 3 aromatic heterocycles. The van der Waals surface area contributed by atoms with E-state index in [-0.39, 0.29) is 6.10 Å². The first-order valence-corrected chi connectivity index (χ1v) is 12.8. The van der Waals surface area contributed by atoms with Crippen molar-refractivity contribution in [1.29, 1.82) is 0 Å². The fourth-order valence-electron chi connectivity index (χ4n) is 4.20. The van der Waals surface area contributed by atoms with Crippen molar-refractivity contribution in [3.63, 3.8) is 0 Å². The molecule has 5 rings (SSSR count). The average Bonchev–Trinajstić information content (AvgIpc) is 3.56. The molecule has 0 spiro atoms. The van der Waals surface area contributed by atoms with Crippen LogP contribution in [0.1, 0.15) is 18.4 Å². The van der Waals surface area contributed by atoms with Crippen LogP contribution in [0.15, 0.2) is 34.3 Å². The maximum absolute atomic E-state index is 5.88. The Bertz CT molecular complexity index is 981. The van der Waals surface area contributed by atoms with Crippen LogP contribution in [0, 0.1) is 4.77 Å². The van der Waals surface area contributed by atoms with E-state index in [9.17, 15) is 0 Å². The molecule has 0 aromatic carbocycles. The molecule has 0 amide bonds. The first kappa shape index (κ1) is 20.5. The van der Waals surface area contributed by atoms with Crippen molar-refractivity contribution < 1.29 is 4.74 Å². The summed E-state index contributed by atoms with van der Waals surface area (Å²) in [5.74, 6) is 0.974. The normalized spacial score (nSPS) is 20.9. The number of hydrogen-bond acceptors (Lipinski definition) is 7. The number of thiophene rings is 2. The Labute approximate surface area is 190 Å². The van der Waals surface area contributed by atoms with Gasteiger partial charge in [0.2, 0.25) is 0 Å². The molecule has 1 atom stereocenters. The summed E-state index contributed by atoms with van der Waals surface area (Å²) in [6, 6.07) is 6.43. The predicted molar refractivity (Wildman–Crippen MR) is 125 cm³/mol. The zero-order chi connectivity index (χ0) is 20.3. The zero-order valence-corrected chi connectivity index (χ0v) is 19.4. The van der Waals surface area contributed by atoms with Gasteiger partial charge in [0.15, 0.2) is 10.6 Å². The summed E-state index contributed by atoms with van der Waals surface area (Å²) in [5, 5.41) is 11.4. The van der Waals surface area contributed by atoms with Gasteiger partial charge < -0.3 is 4.74 Å². The molecule has 2 saturated heterocycles.